The lowest BCUT2D eigenvalue weighted by molar-refractivity contribution is -0.138. The molecular weight excluding hydrogens is 376 g/mol. The van der Waals surface area contributed by atoms with Crippen LogP contribution in [0.2, 0.25) is 0 Å². The van der Waals surface area contributed by atoms with E-state index in [-0.39, 0.29) is 30.1 Å². The van der Waals surface area contributed by atoms with E-state index in [9.17, 15) is 19.2 Å². The highest BCUT2D eigenvalue weighted by molar-refractivity contribution is 6.00. The Hall–Kier alpha value is -3.03. The maximum atomic E-state index is 12.8. The Kier molecular flexibility index (Phi) is 7.25. The van der Waals surface area contributed by atoms with Crippen LogP contribution in [0.15, 0.2) is 28.7 Å². The Morgan fingerprint density at radius 1 is 1.07 bits per heavy atom. The normalized spacial score (nSPS) is 14.4. The molecule has 8 nitrogen and oxygen atoms in total. The van der Waals surface area contributed by atoms with E-state index in [2.05, 4.69) is 10.3 Å². The highest BCUT2D eigenvalue weighted by atomic mass is 16.4. The van der Waals surface area contributed by atoms with Gasteiger partial charge in [0.15, 0.2) is 11.4 Å². The summed E-state index contributed by atoms with van der Waals surface area (Å²) in [6.07, 6.45) is -0.867. The number of hydrogen-bond donors (Lipinski definition) is 2. The van der Waals surface area contributed by atoms with Crippen LogP contribution in [0.4, 0.5) is 0 Å². The summed E-state index contributed by atoms with van der Waals surface area (Å²) in [7, 11) is 0. The zero-order chi connectivity index (χ0) is 21.7. The van der Waals surface area contributed by atoms with Crippen LogP contribution < -0.4 is 5.32 Å². The van der Waals surface area contributed by atoms with Gasteiger partial charge in [-0.2, -0.15) is 0 Å². The third kappa shape index (κ3) is 5.73. The van der Waals surface area contributed by atoms with E-state index in [0.29, 0.717) is 11.1 Å². The van der Waals surface area contributed by atoms with Crippen LogP contribution >= 0.6 is 0 Å². The number of hydrogen-bond acceptors (Lipinski definition) is 6. The summed E-state index contributed by atoms with van der Waals surface area (Å²) in [5.74, 6) is -4.07. The third-order valence-electron chi connectivity index (χ3n) is 5.00. The van der Waals surface area contributed by atoms with Gasteiger partial charge < -0.3 is 14.8 Å². The van der Waals surface area contributed by atoms with Gasteiger partial charge in [0.25, 0.3) is 5.89 Å². The number of Topliss-reactive ketones (excluding diaryl/α,β-unsaturated/α-hetero) is 2. The molecule has 2 N–H and O–H groups in total. The van der Waals surface area contributed by atoms with Gasteiger partial charge in [-0.1, -0.05) is 32.9 Å². The summed E-state index contributed by atoms with van der Waals surface area (Å²) >= 11 is 0. The molecule has 0 aliphatic heterocycles. The fraction of sp³-hybridized carbons (Fsp3) is 0.476. The van der Waals surface area contributed by atoms with Crippen molar-refractivity contribution in [1.29, 1.82) is 0 Å². The summed E-state index contributed by atoms with van der Waals surface area (Å²) < 4.78 is 5.42. The van der Waals surface area contributed by atoms with E-state index in [1.54, 1.807) is 31.2 Å². The first-order valence-corrected chi connectivity index (χ1v) is 9.54. The fourth-order valence-electron chi connectivity index (χ4n) is 2.77. The number of carbonyl (C=O) groups excluding carboxylic acids is 3. The quantitative estimate of drug-likeness (QED) is 0.585. The molecule has 0 fully saturated rings. The molecule has 156 valence electrons. The summed E-state index contributed by atoms with van der Waals surface area (Å²) in [6, 6.07) is 5.93. The number of benzene rings is 1. The number of para-hydroxylation sites is 2. The molecular formula is C21H26N2O6. The van der Waals surface area contributed by atoms with Crippen molar-refractivity contribution in [3.05, 3.63) is 30.2 Å². The predicted molar refractivity (Wildman–Crippen MR) is 105 cm³/mol. The van der Waals surface area contributed by atoms with Gasteiger partial charge in [0.05, 0.1) is 12.5 Å². The molecule has 0 saturated heterocycles. The van der Waals surface area contributed by atoms with Crippen LogP contribution in [-0.4, -0.2) is 39.6 Å². The SMILES string of the molecule is CC(C)[C@H](C)C(=O)N[C@@H](C)C(=O)C[C@@H](CC(=O)O)C(=O)c1nc2ccccc2o1. The Labute approximate surface area is 168 Å². The maximum absolute atomic E-state index is 12.8. The Balaban J connectivity index is 2.13. The van der Waals surface area contributed by atoms with Gasteiger partial charge in [0.1, 0.15) is 5.52 Å². The molecule has 29 heavy (non-hydrogen) atoms. The highest BCUT2D eigenvalue weighted by Crippen LogP contribution is 2.21. The first-order valence-electron chi connectivity index (χ1n) is 9.54. The number of carbonyl (C=O) groups is 4. The predicted octanol–water partition coefficient (Wildman–Crippen LogP) is 2.86. The van der Waals surface area contributed by atoms with Crippen LogP contribution in [0, 0.1) is 17.8 Å². The molecule has 0 aliphatic carbocycles. The minimum Gasteiger partial charge on any atom is -0.481 e. The second-order valence-electron chi connectivity index (χ2n) is 7.58. The van der Waals surface area contributed by atoms with Gasteiger partial charge in [-0.3, -0.25) is 19.2 Å². The van der Waals surface area contributed by atoms with E-state index < -0.39 is 35.9 Å². The van der Waals surface area contributed by atoms with E-state index in [1.165, 1.54) is 6.92 Å². The first kappa shape index (κ1) is 22.3. The van der Waals surface area contributed by atoms with Crippen LogP contribution in [0.25, 0.3) is 11.1 Å². The number of carboxylic acids is 1. The molecule has 2 rings (SSSR count). The van der Waals surface area contributed by atoms with Crippen LogP contribution in [0.3, 0.4) is 0 Å². The lowest BCUT2D eigenvalue weighted by Crippen LogP contribution is -2.43. The van der Waals surface area contributed by atoms with E-state index in [1.807, 2.05) is 13.8 Å². The number of ketones is 2. The number of rotatable bonds is 10. The van der Waals surface area contributed by atoms with Crippen molar-refractivity contribution in [2.75, 3.05) is 0 Å². The van der Waals surface area contributed by atoms with E-state index >= 15 is 0 Å². The van der Waals surface area contributed by atoms with Gasteiger partial charge >= 0.3 is 5.97 Å². The number of carboxylic acid groups (broad SMARTS) is 1. The molecule has 8 heteroatoms. The molecule has 0 spiro atoms. The molecule has 0 unspecified atom stereocenters. The molecule has 1 aromatic heterocycles. The molecule has 1 aromatic carbocycles. The molecule has 2 aromatic rings. The summed E-state index contributed by atoms with van der Waals surface area (Å²) in [4.78, 5) is 52.8. The van der Waals surface area contributed by atoms with Crippen molar-refractivity contribution < 1.29 is 28.7 Å². The number of fused-ring (bicyclic) bond motifs is 1. The molecule has 3 atom stereocenters. The lowest BCUT2D eigenvalue weighted by Gasteiger charge is -2.20. The number of oxazole rings is 1. The molecule has 1 heterocycles. The summed E-state index contributed by atoms with van der Waals surface area (Å²) in [5, 5.41) is 11.8. The van der Waals surface area contributed by atoms with Gasteiger partial charge in [0.2, 0.25) is 11.7 Å². The average molecular weight is 402 g/mol. The molecule has 0 radical (unpaired) electrons. The van der Waals surface area contributed by atoms with Crippen molar-refractivity contribution in [2.24, 2.45) is 17.8 Å². The van der Waals surface area contributed by atoms with Crippen LogP contribution in [-0.2, 0) is 14.4 Å². The largest absolute Gasteiger partial charge is 0.481 e. The lowest BCUT2D eigenvalue weighted by atomic mass is 9.91. The standard InChI is InChI=1S/C21H26N2O6/c1-11(2)12(3)20(28)22-13(4)16(24)9-14(10-18(25)26)19(27)21-23-15-7-5-6-8-17(15)29-21/h5-8,11-14H,9-10H2,1-4H3,(H,22,28)(H,25,26)/t12-,13-,14-/m0/s1. The van der Waals surface area contributed by atoms with Crippen molar-refractivity contribution >= 4 is 34.5 Å². The van der Waals surface area contributed by atoms with Gasteiger partial charge in [-0.25, -0.2) is 4.98 Å². The summed E-state index contributed by atoms with van der Waals surface area (Å²) in [5.41, 5.74) is 0.874. The summed E-state index contributed by atoms with van der Waals surface area (Å²) in [6.45, 7) is 7.09. The monoisotopic (exact) mass is 402 g/mol. The second kappa shape index (κ2) is 9.45. The van der Waals surface area contributed by atoms with Gasteiger partial charge in [0, 0.05) is 18.3 Å². The van der Waals surface area contributed by atoms with Crippen molar-refractivity contribution in [3.8, 4) is 0 Å². The van der Waals surface area contributed by atoms with Crippen molar-refractivity contribution in [3.63, 3.8) is 0 Å². The highest BCUT2D eigenvalue weighted by Gasteiger charge is 2.31. The Morgan fingerprint density at radius 2 is 1.72 bits per heavy atom. The number of nitrogens with one attached hydrogen (secondary N) is 1. The van der Waals surface area contributed by atoms with Crippen LogP contribution in [0.5, 0.6) is 0 Å². The van der Waals surface area contributed by atoms with E-state index in [0.717, 1.165) is 0 Å². The third-order valence-corrected chi connectivity index (χ3v) is 5.00. The molecule has 0 saturated carbocycles. The number of aliphatic carboxylic acids is 1. The second-order valence-corrected chi connectivity index (χ2v) is 7.58. The van der Waals surface area contributed by atoms with Crippen molar-refractivity contribution in [2.45, 2.75) is 46.6 Å². The zero-order valence-corrected chi connectivity index (χ0v) is 17.0. The first-order chi connectivity index (χ1) is 13.6. The average Bonchev–Trinajstić information content (AvgIpc) is 3.09. The molecule has 1 amide bonds. The number of amides is 1. The van der Waals surface area contributed by atoms with Gasteiger partial charge in [-0.15, -0.1) is 0 Å². The van der Waals surface area contributed by atoms with Crippen LogP contribution in [0.1, 0.15) is 51.2 Å². The number of nitrogens with zero attached hydrogens (tertiary/aromatic N) is 1. The molecule has 0 bridgehead atoms. The molecule has 0 aliphatic rings. The Morgan fingerprint density at radius 3 is 2.31 bits per heavy atom. The fourth-order valence-corrected chi connectivity index (χ4v) is 2.77. The Bertz CT molecular complexity index is 884. The zero-order valence-electron chi connectivity index (χ0n) is 17.0. The topological polar surface area (TPSA) is 127 Å². The minimum absolute atomic E-state index is 0.109. The van der Waals surface area contributed by atoms with Gasteiger partial charge in [-0.05, 0) is 25.0 Å². The number of aromatic nitrogens is 1. The van der Waals surface area contributed by atoms with E-state index in [4.69, 9.17) is 9.52 Å². The maximum Gasteiger partial charge on any atom is 0.304 e. The smallest absolute Gasteiger partial charge is 0.304 e. The minimum atomic E-state index is -1.21. The van der Waals surface area contributed by atoms with Crippen molar-refractivity contribution in [1.82, 2.24) is 10.3 Å².